The molecule has 0 radical (unpaired) electrons. The van der Waals surface area contributed by atoms with Crippen LogP contribution in [-0.4, -0.2) is 37.0 Å². The van der Waals surface area contributed by atoms with Crippen LogP contribution in [-0.2, 0) is 4.79 Å². The van der Waals surface area contributed by atoms with Gasteiger partial charge in [0.2, 0.25) is 11.1 Å². The van der Waals surface area contributed by atoms with E-state index in [1.165, 1.54) is 16.4 Å². The SMILES string of the molecule is O=C(CSc1nnnn1-c1ccc(O)cc1)Nc1ccc(-c2ccccc2)cc1. The van der Waals surface area contributed by atoms with E-state index in [9.17, 15) is 9.90 Å². The molecule has 0 unspecified atom stereocenters. The first-order chi connectivity index (χ1) is 14.2. The van der Waals surface area contributed by atoms with Gasteiger partial charge in [-0.25, -0.2) is 0 Å². The standard InChI is InChI=1S/C21H17N5O2S/c27-19-12-10-18(11-13-19)26-21(23-24-25-26)29-14-20(28)22-17-8-6-16(7-9-17)15-4-2-1-3-5-15/h1-13,27H,14H2,(H,22,28). The second kappa shape index (κ2) is 8.57. The number of aromatic hydroxyl groups is 1. The normalized spacial score (nSPS) is 10.6. The largest absolute Gasteiger partial charge is 0.508 e. The maximum Gasteiger partial charge on any atom is 0.234 e. The highest BCUT2D eigenvalue weighted by atomic mass is 32.2. The van der Waals surface area contributed by atoms with Crippen LogP contribution in [0.3, 0.4) is 0 Å². The molecule has 0 aliphatic rings. The third-order valence-corrected chi connectivity index (χ3v) is 5.06. The Labute approximate surface area is 171 Å². The van der Waals surface area contributed by atoms with E-state index < -0.39 is 0 Å². The van der Waals surface area contributed by atoms with Crippen LogP contribution in [0.15, 0.2) is 84.0 Å². The lowest BCUT2D eigenvalue weighted by Gasteiger charge is -2.07. The molecule has 0 aliphatic carbocycles. The van der Waals surface area contributed by atoms with Crippen LogP contribution in [0.25, 0.3) is 16.8 Å². The van der Waals surface area contributed by atoms with Crippen LogP contribution in [0, 0.1) is 0 Å². The average molecular weight is 403 g/mol. The number of benzene rings is 3. The molecule has 2 N–H and O–H groups in total. The van der Waals surface area contributed by atoms with E-state index in [0.717, 1.165) is 16.8 Å². The molecule has 0 saturated carbocycles. The molecule has 0 atom stereocenters. The summed E-state index contributed by atoms with van der Waals surface area (Å²) in [6, 6.07) is 24.3. The summed E-state index contributed by atoms with van der Waals surface area (Å²) in [5.41, 5.74) is 3.65. The van der Waals surface area contributed by atoms with Crippen molar-refractivity contribution in [1.82, 2.24) is 20.2 Å². The van der Waals surface area contributed by atoms with E-state index in [-0.39, 0.29) is 17.4 Å². The van der Waals surface area contributed by atoms with Gasteiger partial charge in [-0.1, -0.05) is 54.2 Å². The summed E-state index contributed by atoms with van der Waals surface area (Å²) >= 11 is 1.23. The molecule has 0 aliphatic heterocycles. The minimum Gasteiger partial charge on any atom is -0.508 e. The number of carbonyl (C=O) groups excluding carboxylic acids is 1. The lowest BCUT2D eigenvalue weighted by molar-refractivity contribution is -0.113. The zero-order chi connectivity index (χ0) is 20.1. The first-order valence-corrected chi connectivity index (χ1v) is 9.83. The van der Waals surface area contributed by atoms with Crippen molar-refractivity contribution in [2.45, 2.75) is 5.16 Å². The van der Waals surface area contributed by atoms with Gasteiger partial charge in [0.15, 0.2) is 0 Å². The molecule has 0 spiro atoms. The number of aromatic nitrogens is 4. The quantitative estimate of drug-likeness (QED) is 0.476. The molecule has 7 nitrogen and oxygen atoms in total. The maximum absolute atomic E-state index is 12.3. The first-order valence-electron chi connectivity index (χ1n) is 8.85. The number of anilines is 1. The van der Waals surface area contributed by atoms with E-state index in [0.29, 0.717) is 10.8 Å². The molecule has 1 heterocycles. The van der Waals surface area contributed by atoms with Crippen LogP contribution in [0.4, 0.5) is 5.69 Å². The zero-order valence-electron chi connectivity index (χ0n) is 15.3. The van der Waals surface area contributed by atoms with Crippen molar-refractivity contribution in [3.63, 3.8) is 0 Å². The van der Waals surface area contributed by atoms with Gasteiger partial charge >= 0.3 is 0 Å². The minimum atomic E-state index is -0.150. The minimum absolute atomic E-state index is 0.150. The summed E-state index contributed by atoms with van der Waals surface area (Å²) < 4.78 is 1.52. The predicted octanol–water partition coefficient (Wildman–Crippen LogP) is 3.77. The zero-order valence-corrected chi connectivity index (χ0v) is 16.1. The number of amides is 1. The van der Waals surface area contributed by atoms with Crippen molar-refractivity contribution < 1.29 is 9.90 Å². The Morgan fingerprint density at radius 1 is 0.931 bits per heavy atom. The highest BCUT2D eigenvalue weighted by Crippen LogP contribution is 2.22. The third-order valence-electron chi connectivity index (χ3n) is 4.14. The molecule has 1 aromatic heterocycles. The van der Waals surface area contributed by atoms with E-state index in [1.807, 2.05) is 54.6 Å². The number of hydrogen-bond donors (Lipinski definition) is 2. The van der Waals surface area contributed by atoms with E-state index in [1.54, 1.807) is 24.3 Å². The summed E-state index contributed by atoms with van der Waals surface area (Å²) in [4.78, 5) is 12.3. The van der Waals surface area contributed by atoms with E-state index in [2.05, 4.69) is 20.8 Å². The van der Waals surface area contributed by atoms with Gasteiger partial charge in [0.05, 0.1) is 11.4 Å². The highest BCUT2D eigenvalue weighted by molar-refractivity contribution is 7.99. The molecule has 1 amide bonds. The van der Waals surface area contributed by atoms with Crippen LogP contribution >= 0.6 is 11.8 Å². The summed E-state index contributed by atoms with van der Waals surface area (Å²) in [5, 5.41) is 24.3. The Morgan fingerprint density at radius 2 is 1.62 bits per heavy atom. The van der Waals surface area contributed by atoms with Crippen molar-refractivity contribution in [3.8, 4) is 22.6 Å². The van der Waals surface area contributed by atoms with Crippen LogP contribution in [0.5, 0.6) is 5.75 Å². The third kappa shape index (κ3) is 4.61. The number of carbonyl (C=O) groups is 1. The monoisotopic (exact) mass is 403 g/mol. The summed E-state index contributed by atoms with van der Waals surface area (Å²) in [5.74, 6) is 0.176. The van der Waals surface area contributed by atoms with Crippen molar-refractivity contribution in [2.75, 3.05) is 11.1 Å². The van der Waals surface area contributed by atoms with Gasteiger partial charge in [0.25, 0.3) is 0 Å². The maximum atomic E-state index is 12.3. The van der Waals surface area contributed by atoms with Crippen molar-refractivity contribution in [3.05, 3.63) is 78.9 Å². The molecule has 29 heavy (non-hydrogen) atoms. The van der Waals surface area contributed by atoms with Gasteiger partial charge in [-0.15, -0.1) is 5.10 Å². The fourth-order valence-corrected chi connectivity index (χ4v) is 3.42. The average Bonchev–Trinajstić information content (AvgIpc) is 3.23. The van der Waals surface area contributed by atoms with Crippen molar-refractivity contribution >= 4 is 23.4 Å². The van der Waals surface area contributed by atoms with Crippen LogP contribution in [0.1, 0.15) is 0 Å². The Hall–Kier alpha value is -3.65. The van der Waals surface area contributed by atoms with Crippen LogP contribution in [0.2, 0.25) is 0 Å². The number of hydrogen-bond acceptors (Lipinski definition) is 6. The Morgan fingerprint density at radius 3 is 2.34 bits per heavy atom. The molecule has 144 valence electrons. The van der Waals surface area contributed by atoms with Gasteiger partial charge < -0.3 is 10.4 Å². The Bertz CT molecular complexity index is 1100. The number of rotatable bonds is 6. The summed E-state index contributed by atoms with van der Waals surface area (Å²) in [6.07, 6.45) is 0. The van der Waals surface area contributed by atoms with Gasteiger partial charge in [-0.3, -0.25) is 4.79 Å². The lowest BCUT2D eigenvalue weighted by atomic mass is 10.1. The van der Waals surface area contributed by atoms with Gasteiger partial charge in [0, 0.05) is 5.69 Å². The predicted molar refractivity (Wildman–Crippen MR) is 112 cm³/mol. The molecular formula is C21H17N5O2S. The summed E-state index contributed by atoms with van der Waals surface area (Å²) in [6.45, 7) is 0. The molecule has 8 heteroatoms. The second-order valence-corrected chi connectivity index (χ2v) is 7.11. The number of phenolic OH excluding ortho intramolecular Hbond substituents is 1. The van der Waals surface area contributed by atoms with Gasteiger partial charge in [-0.05, 0) is 58.0 Å². The molecule has 0 bridgehead atoms. The fourth-order valence-electron chi connectivity index (χ4n) is 2.73. The van der Waals surface area contributed by atoms with Crippen molar-refractivity contribution in [1.29, 1.82) is 0 Å². The molecular weight excluding hydrogens is 386 g/mol. The number of tetrazole rings is 1. The topological polar surface area (TPSA) is 92.9 Å². The molecule has 0 saturated heterocycles. The van der Waals surface area contributed by atoms with E-state index in [4.69, 9.17) is 0 Å². The van der Waals surface area contributed by atoms with E-state index >= 15 is 0 Å². The Kier molecular flexibility index (Phi) is 5.53. The van der Waals surface area contributed by atoms with Gasteiger partial charge in [0.1, 0.15) is 5.75 Å². The summed E-state index contributed by atoms with van der Waals surface area (Å²) in [7, 11) is 0. The van der Waals surface area contributed by atoms with Crippen LogP contribution < -0.4 is 5.32 Å². The lowest BCUT2D eigenvalue weighted by Crippen LogP contribution is -2.14. The molecule has 4 rings (SSSR count). The number of thioether (sulfide) groups is 1. The fraction of sp³-hybridized carbons (Fsp3) is 0.0476. The molecule has 0 fully saturated rings. The van der Waals surface area contributed by atoms with Gasteiger partial charge in [-0.2, -0.15) is 4.68 Å². The highest BCUT2D eigenvalue weighted by Gasteiger charge is 2.12. The number of phenols is 1. The Balaban J connectivity index is 1.36. The molecule has 4 aromatic rings. The number of nitrogens with zero attached hydrogens (tertiary/aromatic N) is 4. The molecule has 3 aromatic carbocycles. The smallest absolute Gasteiger partial charge is 0.234 e. The second-order valence-electron chi connectivity index (χ2n) is 6.17. The number of nitrogens with one attached hydrogen (secondary N) is 1. The first kappa shape index (κ1) is 18.7. The van der Waals surface area contributed by atoms with Crippen molar-refractivity contribution in [2.24, 2.45) is 0 Å².